The number of hydrogen-bond acceptors (Lipinski definition) is 5. The second-order valence-corrected chi connectivity index (χ2v) is 6.37. The van der Waals surface area contributed by atoms with E-state index in [2.05, 4.69) is 20.8 Å². The standard InChI is InChI=1S/C16H20N6O2/c1-10-18-19-20-22(10)14-8-12(6-7-15(14)24-2)17-16(23)21-9-11-4-3-5-13(11)21/h6-8,11,13H,3-5,9H2,1-2H3,(H,17,23). The summed E-state index contributed by atoms with van der Waals surface area (Å²) in [5.41, 5.74) is 1.40. The number of rotatable bonds is 3. The number of ether oxygens (including phenoxy) is 1. The number of hydrogen-bond donors (Lipinski definition) is 1. The number of nitrogens with zero attached hydrogens (tertiary/aromatic N) is 5. The Balaban J connectivity index is 1.56. The van der Waals surface area contributed by atoms with Crippen LogP contribution in [0.3, 0.4) is 0 Å². The molecular weight excluding hydrogens is 308 g/mol. The minimum absolute atomic E-state index is 0.0392. The molecule has 1 aliphatic carbocycles. The van der Waals surface area contributed by atoms with Gasteiger partial charge >= 0.3 is 6.03 Å². The van der Waals surface area contributed by atoms with Gasteiger partial charge in [0.15, 0.2) is 5.82 Å². The van der Waals surface area contributed by atoms with Crippen molar-refractivity contribution in [3.05, 3.63) is 24.0 Å². The molecule has 1 saturated carbocycles. The molecule has 2 aliphatic rings. The number of fused-ring (bicyclic) bond motifs is 1. The van der Waals surface area contributed by atoms with Crippen LogP contribution < -0.4 is 10.1 Å². The SMILES string of the molecule is COc1ccc(NC(=O)N2CC3CCCC32)cc1-n1nnnc1C. The molecule has 1 aliphatic heterocycles. The van der Waals surface area contributed by atoms with Gasteiger partial charge in [-0.05, 0) is 54.3 Å². The molecule has 24 heavy (non-hydrogen) atoms. The average molecular weight is 328 g/mol. The third-order valence-corrected chi connectivity index (χ3v) is 5.00. The van der Waals surface area contributed by atoms with Gasteiger partial charge in [-0.25, -0.2) is 4.79 Å². The summed E-state index contributed by atoms with van der Waals surface area (Å²) in [4.78, 5) is 14.4. The van der Waals surface area contributed by atoms with E-state index in [1.54, 1.807) is 17.9 Å². The number of benzene rings is 1. The van der Waals surface area contributed by atoms with Crippen LogP contribution in [0.5, 0.6) is 5.75 Å². The summed E-state index contributed by atoms with van der Waals surface area (Å²) in [7, 11) is 1.59. The normalized spacial score (nSPS) is 22.0. The number of carbonyl (C=O) groups excluding carboxylic acids is 1. The molecule has 8 heteroatoms. The lowest BCUT2D eigenvalue weighted by atomic mass is 9.92. The van der Waals surface area contributed by atoms with E-state index in [1.165, 1.54) is 12.8 Å². The molecule has 1 aromatic carbocycles. The van der Waals surface area contributed by atoms with Gasteiger partial charge < -0.3 is 15.0 Å². The van der Waals surface area contributed by atoms with Crippen molar-refractivity contribution in [2.24, 2.45) is 5.92 Å². The second-order valence-electron chi connectivity index (χ2n) is 6.37. The largest absolute Gasteiger partial charge is 0.494 e. The number of aryl methyl sites for hydroxylation is 1. The summed E-state index contributed by atoms with van der Waals surface area (Å²) in [5.74, 6) is 1.99. The molecule has 2 fully saturated rings. The molecule has 1 N–H and O–H groups in total. The van der Waals surface area contributed by atoms with Gasteiger partial charge in [0.25, 0.3) is 0 Å². The zero-order valence-electron chi connectivity index (χ0n) is 13.8. The smallest absolute Gasteiger partial charge is 0.322 e. The van der Waals surface area contributed by atoms with Crippen molar-refractivity contribution in [2.45, 2.75) is 32.2 Å². The number of nitrogens with one attached hydrogen (secondary N) is 1. The average Bonchev–Trinajstić information content (AvgIpc) is 3.13. The first kappa shape index (κ1) is 14.9. The van der Waals surface area contributed by atoms with Gasteiger partial charge in [0, 0.05) is 18.3 Å². The summed E-state index contributed by atoms with van der Waals surface area (Å²) in [6.45, 7) is 2.68. The minimum Gasteiger partial charge on any atom is -0.494 e. The minimum atomic E-state index is -0.0392. The van der Waals surface area contributed by atoms with Crippen LogP contribution in [0.4, 0.5) is 10.5 Å². The van der Waals surface area contributed by atoms with Gasteiger partial charge in [0.05, 0.1) is 7.11 Å². The van der Waals surface area contributed by atoms with Crippen LogP contribution in [0, 0.1) is 12.8 Å². The number of amides is 2. The lowest BCUT2D eigenvalue weighted by Crippen LogP contribution is -2.57. The molecule has 1 aromatic heterocycles. The first-order chi connectivity index (χ1) is 11.7. The van der Waals surface area contributed by atoms with E-state index < -0.39 is 0 Å². The number of aromatic nitrogens is 4. The first-order valence-electron chi connectivity index (χ1n) is 8.18. The van der Waals surface area contributed by atoms with E-state index >= 15 is 0 Å². The number of urea groups is 1. The first-order valence-corrected chi connectivity index (χ1v) is 8.18. The van der Waals surface area contributed by atoms with Gasteiger partial charge in [-0.2, -0.15) is 4.68 Å². The molecule has 126 valence electrons. The van der Waals surface area contributed by atoms with E-state index in [9.17, 15) is 4.79 Å². The Morgan fingerprint density at radius 2 is 2.25 bits per heavy atom. The lowest BCUT2D eigenvalue weighted by molar-refractivity contribution is 0.0797. The summed E-state index contributed by atoms with van der Waals surface area (Å²) in [6, 6.07) is 5.84. The van der Waals surface area contributed by atoms with Crippen LogP contribution in [-0.2, 0) is 0 Å². The van der Waals surface area contributed by atoms with Crippen molar-refractivity contribution < 1.29 is 9.53 Å². The zero-order chi connectivity index (χ0) is 16.7. The molecule has 4 rings (SSSR count). The molecule has 8 nitrogen and oxygen atoms in total. The van der Waals surface area contributed by atoms with E-state index in [1.807, 2.05) is 24.0 Å². The van der Waals surface area contributed by atoms with Crippen LogP contribution in [0.1, 0.15) is 25.1 Å². The van der Waals surface area contributed by atoms with Crippen molar-refractivity contribution in [1.82, 2.24) is 25.1 Å². The summed E-state index contributed by atoms with van der Waals surface area (Å²) in [5, 5.41) is 14.5. The highest BCUT2D eigenvalue weighted by atomic mass is 16.5. The number of methoxy groups -OCH3 is 1. The van der Waals surface area contributed by atoms with E-state index in [4.69, 9.17) is 4.74 Å². The van der Waals surface area contributed by atoms with Crippen molar-refractivity contribution >= 4 is 11.7 Å². The van der Waals surface area contributed by atoms with Crippen molar-refractivity contribution in [2.75, 3.05) is 19.0 Å². The molecule has 2 atom stereocenters. The predicted octanol–water partition coefficient (Wildman–Crippen LogP) is 2.00. The Morgan fingerprint density at radius 1 is 1.38 bits per heavy atom. The molecule has 2 unspecified atom stereocenters. The van der Waals surface area contributed by atoms with Gasteiger partial charge in [-0.3, -0.25) is 0 Å². The highest BCUT2D eigenvalue weighted by Gasteiger charge is 2.44. The van der Waals surface area contributed by atoms with Gasteiger partial charge in [-0.1, -0.05) is 6.42 Å². The highest BCUT2D eigenvalue weighted by molar-refractivity contribution is 5.90. The van der Waals surface area contributed by atoms with Crippen LogP contribution in [0.15, 0.2) is 18.2 Å². The number of anilines is 1. The topological polar surface area (TPSA) is 85.2 Å². The fourth-order valence-electron chi connectivity index (χ4n) is 3.71. The van der Waals surface area contributed by atoms with Crippen molar-refractivity contribution in [3.63, 3.8) is 0 Å². The lowest BCUT2D eigenvalue weighted by Gasteiger charge is -2.44. The van der Waals surface area contributed by atoms with E-state index in [0.29, 0.717) is 34.9 Å². The Kier molecular flexibility index (Phi) is 3.59. The molecule has 0 radical (unpaired) electrons. The van der Waals surface area contributed by atoms with E-state index in [-0.39, 0.29) is 6.03 Å². The zero-order valence-corrected chi connectivity index (χ0v) is 13.8. The summed E-state index contributed by atoms with van der Waals surface area (Å²) < 4.78 is 6.97. The third kappa shape index (κ3) is 2.38. The van der Waals surface area contributed by atoms with Gasteiger partial charge in [0.1, 0.15) is 11.4 Å². The molecule has 0 spiro atoms. The quantitative estimate of drug-likeness (QED) is 0.931. The van der Waals surface area contributed by atoms with Crippen LogP contribution >= 0.6 is 0 Å². The van der Waals surface area contributed by atoms with Crippen molar-refractivity contribution in [1.29, 1.82) is 0 Å². The number of tetrazole rings is 1. The summed E-state index contributed by atoms with van der Waals surface area (Å²) >= 11 is 0. The molecule has 2 aromatic rings. The third-order valence-electron chi connectivity index (χ3n) is 5.00. The van der Waals surface area contributed by atoms with Gasteiger partial charge in [-0.15, -0.1) is 5.10 Å². The second kappa shape index (κ2) is 5.77. The maximum Gasteiger partial charge on any atom is 0.322 e. The van der Waals surface area contributed by atoms with Crippen LogP contribution in [0.2, 0.25) is 0 Å². The fourth-order valence-corrected chi connectivity index (χ4v) is 3.71. The van der Waals surface area contributed by atoms with Crippen molar-refractivity contribution in [3.8, 4) is 11.4 Å². The molecule has 1 saturated heterocycles. The fraction of sp³-hybridized carbons (Fsp3) is 0.500. The highest BCUT2D eigenvalue weighted by Crippen LogP contribution is 2.39. The molecule has 2 heterocycles. The Labute approximate surface area is 139 Å². The number of likely N-dealkylation sites (tertiary alicyclic amines) is 1. The maximum absolute atomic E-state index is 12.5. The molecule has 2 amide bonds. The summed E-state index contributed by atoms with van der Waals surface area (Å²) in [6.07, 6.45) is 3.60. The monoisotopic (exact) mass is 328 g/mol. The maximum atomic E-state index is 12.5. The van der Waals surface area contributed by atoms with Gasteiger partial charge in [0.2, 0.25) is 0 Å². The molecular formula is C16H20N6O2. The number of carbonyl (C=O) groups is 1. The van der Waals surface area contributed by atoms with E-state index in [0.717, 1.165) is 13.0 Å². The van der Waals surface area contributed by atoms with Crippen LogP contribution in [0.25, 0.3) is 5.69 Å². The Hall–Kier alpha value is -2.64. The Morgan fingerprint density at radius 3 is 2.96 bits per heavy atom. The van der Waals surface area contributed by atoms with Crippen LogP contribution in [-0.4, -0.2) is 50.8 Å². The predicted molar refractivity (Wildman–Crippen MR) is 87.3 cm³/mol. The Bertz CT molecular complexity index is 774. The molecule has 0 bridgehead atoms.